The molecule has 9 nitrogen and oxygen atoms in total. The van der Waals surface area contributed by atoms with Crippen molar-refractivity contribution >= 4 is 17.6 Å². The van der Waals surface area contributed by atoms with Crippen molar-refractivity contribution < 1.29 is 14.5 Å². The van der Waals surface area contributed by atoms with Gasteiger partial charge in [-0.05, 0) is 17.9 Å². The van der Waals surface area contributed by atoms with E-state index in [4.69, 9.17) is 0 Å². The molecule has 1 aliphatic heterocycles. The monoisotopic (exact) mass is 295 g/mol. The normalized spacial score (nSPS) is 18.3. The van der Waals surface area contributed by atoms with E-state index in [2.05, 4.69) is 15.6 Å². The molecule has 0 aromatic carbocycles. The molecule has 114 valence electrons. The highest BCUT2D eigenvalue weighted by atomic mass is 16.6. The molecule has 1 aliphatic rings. The number of aromatic amines is 1. The highest BCUT2D eigenvalue weighted by molar-refractivity contribution is 5.96. The van der Waals surface area contributed by atoms with Crippen molar-refractivity contribution in [3.8, 4) is 0 Å². The van der Waals surface area contributed by atoms with Crippen LogP contribution in [0.15, 0.2) is 12.1 Å². The lowest BCUT2D eigenvalue weighted by Gasteiger charge is -2.34. The van der Waals surface area contributed by atoms with Crippen molar-refractivity contribution in [2.75, 3.05) is 26.2 Å². The molecule has 1 unspecified atom stereocenters. The minimum atomic E-state index is -0.617. The maximum atomic E-state index is 12.4. The van der Waals surface area contributed by atoms with E-state index in [1.54, 1.807) is 6.92 Å². The molecule has 0 radical (unpaired) electrons. The average Bonchev–Trinajstić information content (AvgIpc) is 2.97. The molecule has 1 aromatic heterocycles. The summed E-state index contributed by atoms with van der Waals surface area (Å²) < 4.78 is 0. The Bertz CT molecular complexity index is 556. The smallest absolute Gasteiger partial charge is 0.321 e. The number of carbonyl (C=O) groups excluding carboxylic acids is 2. The van der Waals surface area contributed by atoms with Gasteiger partial charge in [-0.25, -0.2) is 4.98 Å². The number of nitrogens with one attached hydrogen (secondary N) is 3. The molecule has 2 amide bonds. The Morgan fingerprint density at radius 1 is 1.52 bits per heavy atom. The van der Waals surface area contributed by atoms with Crippen LogP contribution < -0.4 is 10.6 Å². The number of carbonyl (C=O) groups is 2. The van der Waals surface area contributed by atoms with Gasteiger partial charge in [-0.3, -0.25) is 9.59 Å². The van der Waals surface area contributed by atoms with E-state index in [0.29, 0.717) is 26.2 Å². The van der Waals surface area contributed by atoms with Gasteiger partial charge in [-0.15, -0.1) is 0 Å². The standard InChI is InChI=1S/C12H17N5O4/c1-2-14-11(18)9-7-13-5-6-16(9)12(19)8-3-4-10(15-8)17(20)21/h3-4,9,13,15H,2,5-7H2,1H3,(H,14,18). The van der Waals surface area contributed by atoms with Gasteiger partial charge in [-0.1, -0.05) is 0 Å². The first-order chi connectivity index (χ1) is 10.0. The SMILES string of the molecule is CCNC(=O)C1CNCCN1C(=O)c1ccc([N+](=O)[O-])[nH]1. The molecule has 3 N–H and O–H groups in total. The highest BCUT2D eigenvalue weighted by Gasteiger charge is 2.34. The number of aromatic nitrogens is 1. The van der Waals surface area contributed by atoms with E-state index >= 15 is 0 Å². The lowest BCUT2D eigenvalue weighted by molar-refractivity contribution is -0.389. The molecule has 21 heavy (non-hydrogen) atoms. The second kappa shape index (κ2) is 6.35. The molecule has 9 heteroatoms. The fourth-order valence-electron chi connectivity index (χ4n) is 2.24. The van der Waals surface area contributed by atoms with Gasteiger partial charge in [0.05, 0.1) is 0 Å². The third-order valence-corrected chi connectivity index (χ3v) is 3.26. The number of rotatable bonds is 4. The summed E-state index contributed by atoms with van der Waals surface area (Å²) in [6.07, 6.45) is 0. The predicted octanol–water partition coefficient (Wildman–Crippen LogP) is -0.527. The first-order valence-corrected chi connectivity index (χ1v) is 6.67. The van der Waals surface area contributed by atoms with E-state index in [1.165, 1.54) is 17.0 Å². The zero-order valence-corrected chi connectivity index (χ0v) is 11.6. The average molecular weight is 295 g/mol. The van der Waals surface area contributed by atoms with E-state index in [1.807, 2.05) is 0 Å². The summed E-state index contributed by atoms with van der Waals surface area (Å²) in [4.78, 5) is 38.3. The molecule has 0 spiro atoms. The zero-order chi connectivity index (χ0) is 15.4. The zero-order valence-electron chi connectivity index (χ0n) is 11.6. The summed E-state index contributed by atoms with van der Waals surface area (Å²) in [6.45, 7) is 3.58. The quantitative estimate of drug-likeness (QED) is 0.509. The summed E-state index contributed by atoms with van der Waals surface area (Å²) >= 11 is 0. The number of likely N-dealkylation sites (N-methyl/N-ethyl adjacent to an activating group) is 1. The molecule has 1 saturated heterocycles. The van der Waals surface area contributed by atoms with Crippen molar-refractivity contribution in [3.63, 3.8) is 0 Å². The fraction of sp³-hybridized carbons (Fsp3) is 0.500. The number of nitro groups is 1. The van der Waals surface area contributed by atoms with Crippen LogP contribution in [0.5, 0.6) is 0 Å². The molecule has 1 fully saturated rings. The number of amides is 2. The third-order valence-electron chi connectivity index (χ3n) is 3.26. The van der Waals surface area contributed by atoms with Gasteiger partial charge in [0.2, 0.25) is 5.91 Å². The van der Waals surface area contributed by atoms with E-state index in [9.17, 15) is 19.7 Å². The number of hydrogen-bond donors (Lipinski definition) is 3. The van der Waals surface area contributed by atoms with Gasteiger partial charge in [0, 0.05) is 32.2 Å². The van der Waals surface area contributed by atoms with Crippen molar-refractivity contribution in [2.24, 2.45) is 0 Å². The molecule has 1 aromatic rings. The molecular weight excluding hydrogens is 278 g/mol. The first-order valence-electron chi connectivity index (χ1n) is 6.67. The third kappa shape index (κ3) is 3.19. The van der Waals surface area contributed by atoms with E-state index in [0.717, 1.165) is 0 Å². The van der Waals surface area contributed by atoms with Crippen LogP contribution in [0.3, 0.4) is 0 Å². The van der Waals surface area contributed by atoms with Gasteiger partial charge in [0.15, 0.2) is 5.69 Å². The van der Waals surface area contributed by atoms with Crippen molar-refractivity contribution in [3.05, 3.63) is 27.9 Å². The largest absolute Gasteiger partial charge is 0.358 e. The minimum absolute atomic E-state index is 0.109. The first kappa shape index (κ1) is 15.0. The fourth-order valence-corrected chi connectivity index (χ4v) is 2.24. The molecule has 0 aliphatic carbocycles. The Morgan fingerprint density at radius 3 is 2.90 bits per heavy atom. The highest BCUT2D eigenvalue weighted by Crippen LogP contribution is 2.14. The maximum Gasteiger partial charge on any atom is 0.321 e. The lowest BCUT2D eigenvalue weighted by Crippen LogP contribution is -2.59. The summed E-state index contributed by atoms with van der Waals surface area (Å²) in [5.41, 5.74) is 0.109. The Balaban J connectivity index is 2.17. The summed E-state index contributed by atoms with van der Waals surface area (Å²) in [6, 6.07) is 1.97. The number of piperazine rings is 1. The van der Waals surface area contributed by atoms with Gasteiger partial charge >= 0.3 is 5.82 Å². The maximum absolute atomic E-state index is 12.4. The Labute approximate surface area is 120 Å². The minimum Gasteiger partial charge on any atom is -0.358 e. The molecule has 2 rings (SSSR count). The van der Waals surface area contributed by atoms with Crippen molar-refractivity contribution in [2.45, 2.75) is 13.0 Å². The topological polar surface area (TPSA) is 120 Å². The Kier molecular flexibility index (Phi) is 4.53. The molecule has 0 bridgehead atoms. The second-order valence-corrected chi connectivity index (χ2v) is 4.63. The van der Waals surface area contributed by atoms with Crippen LogP contribution in [0, 0.1) is 10.1 Å². The summed E-state index contributed by atoms with van der Waals surface area (Å²) in [5, 5.41) is 16.4. The van der Waals surface area contributed by atoms with Gasteiger partial charge < -0.3 is 25.6 Å². The van der Waals surface area contributed by atoms with Crippen LogP contribution >= 0.6 is 0 Å². The van der Waals surface area contributed by atoms with Crippen molar-refractivity contribution in [1.29, 1.82) is 0 Å². The lowest BCUT2D eigenvalue weighted by atomic mass is 10.1. The van der Waals surface area contributed by atoms with Crippen LogP contribution in [0.4, 0.5) is 5.82 Å². The molecule has 2 heterocycles. The van der Waals surface area contributed by atoms with E-state index < -0.39 is 16.9 Å². The Morgan fingerprint density at radius 2 is 2.29 bits per heavy atom. The van der Waals surface area contributed by atoms with Gasteiger partial charge in [-0.2, -0.15) is 0 Å². The van der Waals surface area contributed by atoms with Crippen LogP contribution in [0.25, 0.3) is 0 Å². The van der Waals surface area contributed by atoms with Crippen LogP contribution in [0.2, 0.25) is 0 Å². The van der Waals surface area contributed by atoms with Crippen LogP contribution in [-0.2, 0) is 4.79 Å². The number of hydrogen-bond acceptors (Lipinski definition) is 5. The second-order valence-electron chi connectivity index (χ2n) is 4.63. The van der Waals surface area contributed by atoms with E-state index in [-0.39, 0.29) is 17.4 Å². The predicted molar refractivity (Wildman–Crippen MR) is 73.8 cm³/mol. The Hall–Kier alpha value is -2.42. The number of nitrogens with zero attached hydrogens (tertiary/aromatic N) is 2. The van der Waals surface area contributed by atoms with Crippen LogP contribution in [-0.4, -0.2) is 58.8 Å². The summed E-state index contributed by atoms with van der Waals surface area (Å²) in [5.74, 6) is -0.900. The summed E-state index contributed by atoms with van der Waals surface area (Å²) in [7, 11) is 0. The van der Waals surface area contributed by atoms with Crippen molar-refractivity contribution in [1.82, 2.24) is 20.5 Å². The van der Waals surface area contributed by atoms with Gasteiger partial charge in [0.1, 0.15) is 6.04 Å². The molecule has 1 atom stereocenters. The van der Waals surface area contributed by atoms with Gasteiger partial charge in [0.25, 0.3) is 5.91 Å². The molecule has 0 saturated carbocycles. The van der Waals surface area contributed by atoms with Crippen LogP contribution in [0.1, 0.15) is 17.4 Å². The molecular formula is C12H17N5O4. The number of H-pyrrole nitrogens is 1.